The molecule has 0 saturated carbocycles. The molecule has 28 heavy (non-hydrogen) atoms. The summed E-state index contributed by atoms with van der Waals surface area (Å²) in [5.74, 6) is 0.705. The molecule has 1 amide bonds. The second-order valence-electron chi connectivity index (χ2n) is 5.97. The van der Waals surface area contributed by atoms with Gasteiger partial charge in [-0.3, -0.25) is 10.2 Å². The second kappa shape index (κ2) is 6.74. The number of hydrogen-bond donors (Lipinski definition) is 1. The Balaban J connectivity index is 1.46. The molecule has 1 N–H and O–H groups in total. The molecular weight excluding hydrogens is 392 g/mol. The van der Waals surface area contributed by atoms with Crippen LogP contribution in [0.4, 0.5) is 0 Å². The van der Waals surface area contributed by atoms with E-state index in [2.05, 4.69) is 10.1 Å². The normalized spacial score (nSPS) is 17.7. The van der Waals surface area contributed by atoms with Crippen LogP contribution in [-0.2, 0) is 4.79 Å². The molecular formula is C20H12N4O2S2. The lowest BCUT2D eigenvalue weighted by molar-refractivity contribution is -0.114. The Kier molecular flexibility index (Phi) is 4.07. The van der Waals surface area contributed by atoms with Gasteiger partial charge < -0.3 is 4.42 Å². The molecule has 0 bridgehead atoms. The Morgan fingerprint density at radius 3 is 2.71 bits per heavy atom. The topological polar surface area (TPSA) is 82.0 Å². The lowest BCUT2D eigenvalue weighted by Crippen LogP contribution is -2.35. The van der Waals surface area contributed by atoms with Crippen molar-refractivity contribution < 1.29 is 9.21 Å². The lowest BCUT2D eigenvalue weighted by Gasteiger charge is -2.19. The van der Waals surface area contributed by atoms with Crippen LogP contribution in [0, 0.1) is 5.41 Å². The van der Waals surface area contributed by atoms with Gasteiger partial charge in [-0.2, -0.15) is 15.1 Å². The maximum absolute atomic E-state index is 12.5. The van der Waals surface area contributed by atoms with E-state index in [0.717, 1.165) is 15.5 Å². The van der Waals surface area contributed by atoms with Crippen LogP contribution in [0.5, 0.6) is 0 Å². The summed E-state index contributed by atoms with van der Waals surface area (Å²) in [7, 11) is 0. The first kappa shape index (κ1) is 16.9. The highest BCUT2D eigenvalue weighted by atomic mass is 32.2. The molecule has 4 heterocycles. The van der Waals surface area contributed by atoms with Gasteiger partial charge in [0.2, 0.25) is 5.17 Å². The van der Waals surface area contributed by atoms with Gasteiger partial charge in [0.05, 0.1) is 10.5 Å². The van der Waals surface area contributed by atoms with Crippen molar-refractivity contribution in [2.75, 3.05) is 0 Å². The summed E-state index contributed by atoms with van der Waals surface area (Å²) in [5.41, 5.74) is 1.09. The Bertz CT molecular complexity index is 1170. The van der Waals surface area contributed by atoms with Crippen LogP contribution in [0.15, 0.2) is 80.1 Å². The SMILES string of the molecule is N=C1C(=Cc2ccc(-c3ccccc3)o2)C(=O)N=C2SC(c3cccs3)=NN12. The average Bonchev–Trinajstić information content (AvgIpc) is 3.45. The van der Waals surface area contributed by atoms with Gasteiger partial charge in [-0.05, 0) is 41.4 Å². The minimum atomic E-state index is -0.468. The third-order valence-corrected chi connectivity index (χ3v) is 6.11. The summed E-state index contributed by atoms with van der Waals surface area (Å²) >= 11 is 2.85. The van der Waals surface area contributed by atoms with Crippen molar-refractivity contribution in [2.24, 2.45) is 10.1 Å². The fraction of sp³-hybridized carbons (Fsp3) is 0. The molecule has 8 heteroatoms. The maximum Gasteiger partial charge on any atom is 0.283 e. The van der Waals surface area contributed by atoms with Crippen LogP contribution in [-0.4, -0.2) is 27.0 Å². The van der Waals surface area contributed by atoms with Crippen molar-refractivity contribution in [2.45, 2.75) is 0 Å². The Morgan fingerprint density at radius 1 is 1.07 bits per heavy atom. The highest BCUT2D eigenvalue weighted by Crippen LogP contribution is 2.32. The number of aliphatic imine (C=N–C) groups is 1. The number of thioether (sulfide) groups is 1. The predicted molar refractivity (Wildman–Crippen MR) is 113 cm³/mol. The van der Waals surface area contributed by atoms with Crippen molar-refractivity contribution in [3.63, 3.8) is 0 Å². The van der Waals surface area contributed by atoms with Gasteiger partial charge in [0.1, 0.15) is 16.6 Å². The van der Waals surface area contributed by atoms with Gasteiger partial charge >= 0.3 is 0 Å². The molecule has 2 aromatic heterocycles. The van der Waals surface area contributed by atoms with Crippen molar-refractivity contribution in [1.29, 1.82) is 5.41 Å². The van der Waals surface area contributed by atoms with E-state index >= 15 is 0 Å². The van der Waals surface area contributed by atoms with Crippen LogP contribution >= 0.6 is 23.1 Å². The summed E-state index contributed by atoms with van der Waals surface area (Å²) < 4.78 is 5.83. The zero-order valence-electron chi connectivity index (χ0n) is 14.3. The number of nitrogens with zero attached hydrogens (tertiary/aromatic N) is 3. The van der Waals surface area contributed by atoms with Crippen LogP contribution in [0.2, 0.25) is 0 Å². The van der Waals surface area contributed by atoms with Crippen LogP contribution in [0.3, 0.4) is 0 Å². The minimum Gasteiger partial charge on any atom is -0.457 e. The highest BCUT2D eigenvalue weighted by molar-refractivity contribution is 8.27. The highest BCUT2D eigenvalue weighted by Gasteiger charge is 2.36. The molecule has 0 saturated heterocycles. The number of amidine groups is 2. The van der Waals surface area contributed by atoms with Gasteiger partial charge in [-0.1, -0.05) is 36.4 Å². The van der Waals surface area contributed by atoms with Crippen LogP contribution in [0.1, 0.15) is 10.6 Å². The smallest absolute Gasteiger partial charge is 0.283 e. The Morgan fingerprint density at radius 2 is 1.93 bits per heavy atom. The van der Waals surface area contributed by atoms with E-state index in [4.69, 9.17) is 9.83 Å². The number of nitrogens with one attached hydrogen (secondary N) is 1. The fourth-order valence-corrected chi connectivity index (χ4v) is 4.51. The third kappa shape index (κ3) is 2.92. The Labute approximate surface area is 168 Å². The van der Waals surface area contributed by atoms with Crippen molar-refractivity contribution in [3.05, 3.63) is 76.2 Å². The number of hydrogen-bond acceptors (Lipinski definition) is 6. The van der Waals surface area contributed by atoms with Crippen molar-refractivity contribution in [3.8, 4) is 11.3 Å². The number of carbonyl (C=O) groups is 1. The molecule has 2 aliphatic rings. The molecule has 0 radical (unpaired) electrons. The summed E-state index contributed by atoms with van der Waals surface area (Å²) in [6.45, 7) is 0. The molecule has 0 unspecified atom stereocenters. The number of thiophene rings is 1. The lowest BCUT2D eigenvalue weighted by atomic mass is 10.1. The molecule has 6 nitrogen and oxygen atoms in total. The van der Waals surface area contributed by atoms with E-state index in [-0.39, 0.29) is 11.4 Å². The molecule has 2 aliphatic heterocycles. The number of furan rings is 1. The summed E-state index contributed by atoms with van der Waals surface area (Å²) in [6, 6.07) is 17.2. The summed E-state index contributed by atoms with van der Waals surface area (Å²) in [5, 5.41) is 17.4. The minimum absolute atomic E-state index is 0.00767. The fourth-order valence-electron chi connectivity index (χ4n) is 2.82. The second-order valence-corrected chi connectivity index (χ2v) is 7.87. The zero-order chi connectivity index (χ0) is 19.1. The van der Waals surface area contributed by atoms with E-state index < -0.39 is 5.91 Å². The molecule has 0 fully saturated rings. The van der Waals surface area contributed by atoms with E-state index in [1.54, 1.807) is 23.5 Å². The maximum atomic E-state index is 12.5. The van der Waals surface area contributed by atoms with E-state index in [1.165, 1.54) is 16.8 Å². The average molecular weight is 404 g/mol. The molecule has 5 rings (SSSR count). The first-order valence-corrected chi connectivity index (χ1v) is 10.1. The predicted octanol–water partition coefficient (Wildman–Crippen LogP) is 4.68. The van der Waals surface area contributed by atoms with E-state index in [1.807, 2.05) is 53.9 Å². The number of benzene rings is 1. The van der Waals surface area contributed by atoms with Crippen molar-refractivity contribution in [1.82, 2.24) is 5.01 Å². The molecule has 0 atom stereocenters. The van der Waals surface area contributed by atoms with Gasteiger partial charge in [-0.15, -0.1) is 11.3 Å². The molecule has 0 spiro atoms. The van der Waals surface area contributed by atoms with Crippen LogP contribution in [0.25, 0.3) is 17.4 Å². The number of carbonyl (C=O) groups excluding carboxylic acids is 1. The molecule has 136 valence electrons. The quantitative estimate of drug-likeness (QED) is 0.643. The van der Waals surface area contributed by atoms with Gasteiger partial charge in [0.25, 0.3) is 5.91 Å². The number of fused-ring (bicyclic) bond motifs is 1. The number of amides is 1. The zero-order valence-corrected chi connectivity index (χ0v) is 16.0. The monoisotopic (exact) mass is 404 g/mol. The van der Waals surface area contributed by atoms with Gasteiger partial charge in [0.15, 0.2) is 5.84 Å². The van der Waals surface area contributed by atoms with Gasteiger partial charge in [0, 0.05) is 5.56 Å². The van der Waals surface area contributed by atoms with Crippen molar-refractivity contribution >= 4 is 51.1 Å². The third-order valence-electron chi connectivity index (χ3n) is 4.16. The molecule has 3 aromatic rings. The Hall–Kier alpha value is -3.23. The number of rotatable bonds is 3. The largest absolute Gasteiger partial charge is 0.457 e. The van der Waals surface area contributed by atoms with E-state index in [0.29, 0.717) is 16.7 Å². The summed E-state index contributed by atoms with van der Waals surface area (Å²) in [6.07, 6.45) is 1.54. The standard InChI is InChI=1S/C20H12N4O2S2/c21-17-14(11-13-8-9-15(26-13)12-5-2-1-3-6-12)18(25)22-20-24(17)23-19(28-20)16-7-4-10-27-16/h1-11,21H. The number of hydrazone groups is 1. The van der Waals surface area contributed by atoms with Gasteiger partial charge in [-0.25, -0.2) is 0 Å². The first-order chi connectivity index (χ1) is 13.7. The van der Waals surface area contributed by atoms with Crippen LogP contribution < -0.4 is 0 Å². The molecule has 0 aliphatic carbocycles. The van der Waals surface area contributed by atoms with E-state index in [9.17, 15) is 4.79 Å². The molecule has 1 aromatic carbocycles. The summed E-state index contributed by atoms with van der Waals surface area (Å²) in [4.78, 5) is 17.6. The first-order valence-electron chi connectivity index (χ1n) is 8.38.